The normalized spacial score (nSPS) is 14.7. The summed E-state index contributed by atoms with van der Waals surface area (Å²) in [4.78, 5) is 0. The molecule has 0 atom stereocenters. The zero-order valence-corrected chi connectivity index (χ0v) is 13.1. The molecule has 4 heteroatoms. The Hall–Kier alpha value is -1.13. The molecule has 1 aromatic heterocycles. The van der Waals surface area contributed by atoms with Gasteiger partial charge in [-0.1, -0.05) is 28.1 Å². The molecular weight excluding hydrogens is 314 g/mol. The van der Waals surface area contributed by atoms with E-state index in [1.807, 2.05) is 16.9 Å². The minimum Gasteiger partial charge on any atom is -0.314 e. The van der Waals surface area contributed by atoms with Crippen molar-refractivity contribution in [3.8, 4) is 0 Å². The van der Waals surface area contributed by atoms with Gasteiger partial charge in [-0.3, -0.25) is 4.68 Å². The minimum absolute atomic E-state index is 0.814. The van der Waals surface area contributed by atoms with Gasteiger partial charge in [0, 0.05) is 16.7 Å². The molecule has 1 N–H and O–H groups in total. The molecule has 106 valence electrons. The Labute approximate surface area is 128 Å². The van der Waals surface area contributed by atoms with Crippen LogP contribution in [-0.2, 0) is 13.0 Å². The van der Waals surface area contributed by atoms with Crippen LogP contribution in [-0.4, -0.2) is 22.4 Å². The molecule has 1 saturated carbocycles. The summed E-state index contributed by atoms with van der Waals surface area (Å²) in [6.45, 7) is 1.96. The van der Waals surface area contributed by atoms with Gasteiger partial charge in [0.25, 0.3) is 0 Å². The highest BCUT2D eigenvalue weighted by atomic mass is 79.9. The lowest BCUT2D eigenvalue weighted by Gasteiger charge is -2.02. The molecule has 3 rings (SSSR count). The molecule has 1 fully saturated rings. The largest absolute Gasteiger partial charge is 0.314 e. The molecule has 0 spiro atoms. The van der Waals surface area contributed by atoms with E-state index in [0.29, 0.717) is 0 Å². The zero-order chi connectivity index (χ0) is 13.8. The summed E-state index contributed by atoms with van der Waals surface area (Å²) in [5, 5.41) is 8.00. The SMILES string of the molecule is Brc1cccc(Cn2cc(CCCNC3CC3)cn2)c1. The Morgan fingerprint density at radius 1 is 1.30 bits per heavy atom. The van der Waals surface area contributed by atoms with Crippen molar-refractivity contribution < 1.29 is 0 Å². The smallest absolute Gasteiger partial charge is 0.0659 e. The molecular formula is C16H20BrN3. The van der Waals surface area contributed by atoms with Gasteiger partial charge in [0.15, 0.2) is 0 Å². The summed E-state index contributed by atoms with van der Waals surface area (Å²) >= 11 is 3.50. The van der Waals surface area contributed by atoms with Crippen LogP contribution in [0.4, 0.5) is 0 Å². The molecule has 1 aliphatic rings. The van der Waals surface area contributed by atoms with Crippen LogP contribution >= 0.6 is 15.9 Å². The summed E-state index contributed by atoms with van der Waals surface area (Å²) in [5.74, 6) is 0. The zero-order valence-electron chi connectivity index (χ0n) is 11.6. The van der Waals surface area contributed by atoms with Gasteiger partial charge in [-0.25, -0.2) is 0 Å². The second-order valence-corrected chi connectivity index (χ2v) is 6.42. The Kier molecular flexibility index (Phi) is 4.53. The van der Waals surface area contributed by atoms with E-state index >= 15 is 0 Å². The Morgan fingerprint density at radius 3 is 3.00 bits per heavy atom. The number of rotatable bonds is 7. The van der Waals surface area contributed by atoms with E-state index in [0.717, 1.165) is 30.0 Å². The first-order valence-corrected chi connectivity index (χ1v) is 8.08. The minimum atomic E-state index is 0.814. The number of aromatic nitrogens is 2. The number of nitrogens with one attached hydrogen (secondary N) is 1. The number of hydrogen-bond donors (Lipinski definition) is 1. The average Bonchev–Trinajstić information content (AvgIpc) is 3.15. The van der Waals surface area contributed by atoms with Crippen molar-refractivity contribution in [2.75, 3.05) is 6.54 Å². The summed E-state index contributed by atoms with van der Waals surface area (Å²) < 4.78 is 3.14. The fourth-order valence-corrected chi connectivity index (χ4v) is 2.78. The maximum atomic E-state index is 4.45. The molecule has 1 heterocycles. The van der Waals surface area contributed by atoms with E-state index in [1.165, 1.54) is 30.4 Å². The average molecular weight is 334 g/mol. The summed E-state index contributed by atoms with van der Waals surface area (Å²) in [5.41, 5.74) is 2.60. The molecule has 0 saturated heterocycles. The van der Waals surface area contributed by atoms with E-state index < -0.39 is 0 Å². The van der Waals surface area contributed by atoms with E-state index in [9.17, 15) is 0 Å². The van der Waals surface area contributed by atoms with Crippen LogP contribution in [0.25, 0.3) is 0 Å². The first kappa shape index (κ1) is 13.8. The van der Waals surface area contributed by atoms with E-state index in [4.69, 9.17) is 0 Å². The molecule has 20 heavy (non-hydrogen) atoms. The number of hydrogen-bond acceptors (Lipinski definition) is 2. The van der Waals surface area contributed by atoms with E-state index in [2.05, 4.69) is 50.7 Å². The Balaban J connectivity index is 1.48. The number of aryl methyl sites for hydroxylation is 1. The highest BCUT2D eigenvalue weighted by molar-refractivity contribution is 9.10. The molecule has 2 aromatic rings. The number of halogens is 1. The lowest BCUT2D eigenvalue weighted by atomic mass is 10.2. The highest BCUT2D eigenvalue weighted by Gasteiger charge is 2.19. The Bertz CT molecular complexity index is 560. The van der Waals surface area contributed by atoms with Crippen molar-refractivity contribution in [2.24, 2.45) is 0 Å². The molecule has 0 unspecified atom stereocenters. The van der Waals surface area contributed by atoms with Gasteiger partial charge in [0.05, 0.1) is 12.7 Å². The molecule has 0 radical (unpaired) electrons. The van der Waals surface area contributed by atoms with Crippen LogP contribution in [0.5, 0.6) is 0 Å². The van der Waals surface area contributed by atoms with Crippen LogP contribution < -0.4 is 5.32 Å². The van der Waals surface area contributed by atoms with Crippen molar-refractivity contribution in [3.05, 3.63) is 52.3 Å². The highest BCUT2D eigenvalue weighted by Crippen LogP contribution is 2.18. The van der Waals surface area contributed by atoms with Gasteiger partial charge in [-0.05, 0) is 55.5 Å². The summed E-state index contributed by atoms with van der Waals surface area (Å²) in [7, 11) is 0. The van der Waals surface area contributed by atoms with Crippen molar-refractivity contribution in [1.29, 1.82) is 0 Å². The third-order valence-corrected chi connectivity index (χ3v) is 4.07. The summed E-state index contributed by atoms with van der Waals surface area (Å²) in [6.07, 6.45) is 9.19. The maximum Gasteiger partial charge on any atom is 0.0659 e. The second-order valence-electron chi connectivity index (χ2n) is 5.51. The quantitative estimate of drug-likeness (QED) is 0.787. The van der Waals surface area contributed by atoms with Crippen molar-refractivity contribution >= 4 is 15.9 Å². The second kappa shape index (κ2) is 6.55. The topological polar surface area (TPSA) is 29.9 Å². The fourth-order valence-electron chi connectivity index (χ4n) is 2.33. The summed E-state index contributed by atoms with van der Waals surface area (Å²) in [6, 6.07) is 9.19. The first-order chi connectivity index (χ1) is 9.79. The van der Waals surface area contributed by atoms with Gasteiger partial charge < -0.3 is 5.32 Å². The van der Waals surface area contributed by atoms with Crippen molar-refractivity contribution in [3.63, 3.8) is 0 Å². The standard InChI is InChI=1S/C16H20BrN3/c17-15-5-1-3-13(9-15)11-20-12-14(10-19-20)4-2-8-18-16-6-7-16/h1,3,5,9-10,12,16,18H,2,4,6-8,11H2. The third kappa shape index (κ3) is 4.18. The Morgan fingerprint density at radius 2 is 2.20 bits per heavy atom. The van der Waals surface area contributed by atoms with Crippen molar-refractivity contribution in [2.45, 2.75) is 38.3 Å². The predicted octanol–water partition coefficient (Wildman–Crippen LogP) is 3.38. The van der Waals surface area contributed by atoms with Crippen molar-refractivity contribution in [1.82, 2.24) is 15.1 Å². The lowest BCUT2D eigenvalue weighted by Crippen LogP contribution is -2.17. The number of benzene rings is 1. The molecule has 0 bridgehead atoms. The molecule has 3 nitrogen and oxygen atoms in total. The van der Waals surface area contributed by atoms with Crippen LogP contribution in [0.3, 0.4) is 0 Å². The van der Waals surface area contributed by atoms with Gasteiger partial charge >= 0.3 is 0 Å². The van der Waals surface area contributed by atoms with Crippen LogP contribution in [0.1, 0.15) is 30.4 Å². The fraction of sp³-hybridized carbons (Fsp3) is 0.438. The van der Waals surface area contributed by atoms with Crippen LogP contribution in [0.15, 0.2) is 41.1 Å². The lowest BCUT2D eigenvalue weighted by molar-refractivity contribution is 0.644. The van der Waals surface area contributed by atoms with Crippen LogP contribution in [0, 0.1) is 0 Å². The van der Waals surface area contributed by atoms with E-state index in [1.54, 1.807) is 0 Å². The molecule has 0 amide bonds. The molecule has 1 aliphatic carbocycles. The van der Waals surface area contributed by atoms with E-state index in [-0.39, 0.29) is 0 Å². The van der Waals surface area contributed by atoms with Gasteiger partial charge in [-0.15, -0.1) is 0 Å². The van der Waals surface area contributed by atoms with Gasteiger partial charge in [-0.2, -0.15) is 5.10 Å². The third-order valence-electron chi connectivity index (χ3n) is 3.57. The monoisotopic (exact) mass is 333 g/mol. The molecule has 1 aromatic carbocycles. The van der Waals surface area contributed by atoms with Crippen LogP contribution in [0.2, 0.25) is 0 Å². The molecule has 0 aliphatic heterocycles. The maximum absolute atomic E-state index is 4.45. The van der Waals surface area contributed by atoms with Gasteiger partial charge in [0.2, 0.25) is 0 Å². The first-order valence-electron chi connectivity index (χ1n) is 7.29. The van der Waals surface area contributed by atoms with Gasteiger partial charge in [0.1, 0.15) is 0 Å². The number of nitrogens with zero attached hydrogens (tertiary/aromatic N) is 2. The predicted molar refractivity (Wildman–Crippen MR) is 84.8 cm³/mol.